The summed E-state index contributed by atoms with van der Waals surface area (Å²) in [7, 11) is 3.79. The second-order valence-corrected chi connectivity index (χ2v) is 7.04. The lowest BCUT2D eigenvalue weighted by molar-refractivity contribution is -0.742. The van der Waals surface area contributed by atoms with E-state index in [1.165, 1.54) is 5.57 Å². The number of rotatable bonds is 1. The standard InChI is InChI=1S/C18H19NO5.HNO3/c1-19-4-3-9-5-14(21-2)17-15(16(9)19)10-6-12-13(23-8-22-12)7-11(10)18(20)24-17;2-1(3)4/h5-7,14-17H,3-4,8H2,1-2H3;(H,2,3,4)/t14-,15?,16+,17-;/m1./s1. The molecule has 0 radical (unpaired) electrons. The maximum absolute atomic E-state index is 12.6. The van der Waals surface area contributed by atoms with Gasteiger partial charge < -0.3 is 24.2 Å². The molecule has 0 aromatic heterocycles. The van der Waals surface area contributed by atoms with Crippen LogP contribution in [0.4, 0.5) is 0 Å². The van der Waals surface area contributed by atoms with Gasteiger partial charge in [-0.2, -0.15) is 0 Å². The maximum atomic E-state index is 12.6. The molecule has 1 saturated heterocycles. The van der Waals surface area contributed by atoms with Crippen molar-refractivity contribution in [2.75, 3.05) is 27.5 Å². The predicted molar refractivity (Wildman–Crippen MR) is 93.2 cm³/mol. The zero-order chi connectivity index (χ0) is 20.0. The number of esters is 1. The number of hydrogen-bond acceptors (Lipinski definition) is 8. The lowest BCUT2D eigenvalue weighted by Crippen LogP contribution is -2.51. The van der Waals surface area contributed by atoms with Gasteiger partial charge in [0, 0.05) is 25.6 Å². The van der Waals surface area contributed by atoms with Crippen LogP contribution >= 0.6 is 0 Å². The van der Waals surface area contributed by atoms with Gasteiger partial charge in [0.25, 0.3) is 5.09 Å². The van der Waals surface area contributed by atoms with Crippen molar-refractivity contribution >= 4 is 5.97 Å². The number of methoxy groups -OCH3 is 1. The lowest BCUT2D eigenvalue weighted by atomic mass is 9.73. The molecule has 3 heterocycles. The quantitative estimate of drug-likeness (QED) is 0.327. The molecule has 10 nitrogen and oxygen atoms in total. The summed E-state index contributed by atoms with van der Waals surface area (Å²) in [5.41, 5.74) is 2.93. The summed E-state index contributed by atoms with van der Waals surface area (Å²) in [5.74, 6) is 1.04. The van der Waals surface area contributed by atoms with Gasteiger partial charge >= 0.3 is 5.97 Å². The van der Waals surface area contributed by atoms with Gasteiger partial charge in [0.2, 0.25) is 6.79 Å². The highest BCUT2D eigenvalue weighted by Crippen LogP contribution is 2.49. The van der Waals surface area contributed by atoms with Crippen molar-refractivity contribution in [1.29, 1.82) is 0 Å². The fourth-order valence-corrected chi connectivity index (χ4v) is 4.54. The van der Waals surface area contributed by atoms with Crippen LogP contribution in [-0.4, -0.2) is 66.9 Å². The van der Waals surface area contributed by atoms with Crippen LogP contribution in [0.2, 0.25) is 0 Å². The minimum atomic E-state index is -1.50. The third-order valence-corrected chi connectivity index (χ3v) is 5.64. The molecule has 4 aliphatic rings. The summed E-state index contributed by atoms with van der Waals surface area (Å²) < 4.78 is 22.4. The maximum Gasteiger partial charge on any atom is 0.338 e. The van der Waals surface area contributed by atoms with Gasteiger partial charge in [-0.3, -0.25) is 4.90 Å². The molecule has 1 aliphatic carbocycles. The number of likely N-dealkylation sites (N-methyl/N-ethyl adjacent to an activating group) is 1. The fourth-order valence-electron chi connectivity index (χ4n) is 4.54. The molecule has 0 bridgehead atoms. The SMILES string of the molecule is CO[C@@H]1C=C2CCN(C)[C@@H]2C2c3cc4c(cc3C(=O)O[C@@H]21)OCO4.O=[N+]([O-])O. The number of ether oxygens (including phenoxy) is 4. The van der Waals surface area contributed by atoms with E-state index < -0.39 is 5.09 Å². The first kappa shape index (κ1) is 18.5. The highest BCUT2D eigenvalue weighted by atomic mass is 16.9. The minimum absolute atomic E-state index is 0.0460. The zero-order valence-corrected chi connectivity index (χ0v) is 15.4. The average Bonchev–Trinajstić information content (AvgIpc) is 3.25. The molecule has 1 aromatic carbocycles. The van der Waals surface area contributed by atoms with Crippen LogP contribution in [0.15, 0.2) is 23.8 Å². The Labute approximate surface area is 160 Å². The van der Waals surface area contributed by atoms with Crippen LogP contribution in [0.25, 0.3) is 0 Å². The van der Waals surface area contributed by atoms with Crippen LogP contribution in [0.3, 0.4) is 0 Å². The zero-order valence-electron chi connectivity index (χ0n) is 15.4. The number of fused-ring (bicyclic) bond motifs is 6. The van der Waals surface area contributed by atoms with Gasteiger partial charge in [-0.1, -0.05) is 11.6 Å². The van der Waals surface area contributed by atoms with E-state index in [1.54, 1.807) is 13.2 Å². The molecule has 0 spiro atoms. The van der Waals surface area contributed by atoms with Crippen molar-refractivity contribution in [2.24, 2.45) is 0 Å². The Kier molecular flexibility index (Phi) is 4.60. The Bertz CT molecular complexity index is 850. The van der Waals surface area contributed by atoms with E-state index in [4.69, 9.17) is 34.3 Å². The van der Waals surface area contributed by atoms with E-state index in [1.807, 2.05) is 6.07 Å². The lowest BCUT2D eigenvalue weighted by Gasteiger charge is -2.44. The second kappa shape index (κ2) is 6.95. The van der Waals surface area contributed by atoms with Crippen LogP contribution in [0, 0.1) is 10.1 Å². The highest BCUT2D eigenvalue weighted by molar-refractivity contribution is 5.94. The first-order chi connectivity index (χ1) is 13.4. The van der Waals surface area contributed by atoms with E-state index in [0.29, 0.717) is 17.1 Å². The van der Waals surface area contributed by atoms with Gasteiger partial charge in [0.1, 0.15) is 12.2 Å². The molecular weight excluding hydrogens is 372 g/mol. The van der Waals surface area contributed by atoms with Crippen LogP contribution in [0.1, 0.15) is 28.3 Å². The predicted octanol–water partition coefficient (Wildman–Crippen LogP) is 1.35. The molecule has 3 aliphatic heterocycles. The van der Waals surface area contributed by atoms with E-state index >= 15 is 0 Å². The van der Waals surface area contributed by atoms with Crippen LogP contribution in [0.5, 0.6) is 11.5 Å². The Morgan fingerprint density at radius 3 is 2.68 bits per heavy atom. The van der Waals surface area contributed by atoms with Gasteiger partial charge in [-0.25, -0.2) is 4.79 Å². The molecule has 10 heteroatoms. The van der Waals surface area contributed by atoms with Gasteiger partial charge in [0.15, 0.2) is 11.5 Å². The topological polar surface area (TPSA) is 121 Å². The number of carbonyl (C=O) groups excluding carboxylic acids is 1. The van der Waals surface area contributed by atoms with Crippen molar-refractivity contribution in [3.8, 4) is 11.5 Å². The van der Waals surface area contributed by atoms with Gasteiger partial charge in [-0.15, -0.1) is 10.1 Å². The number of nitrogens with zero attached hydrogens (tertiary/aromatic N) is 2. The Balaban J connectivity index is 0.000000442. The van der Waals surface area contributed by atoms with E-state index in [0.717, 1.165) is 18.5 Å². The number of likely N-dealkylation sites (tertiary alicyclic amines) is 1. The number of hydrogen-bond donors (Lipinski definition) is 1. The summed E-state index contributed by atoms with van der Waals surface area (Å²) >= 11 is 0. The molecule has 150 valence electrons. The van der Waals surface area contributed by atoms with Crippen LogP contribution in [-0.2, 0) is 9.47 Å². The molecular formula is C18H20N2O8. The van der Waals surface area contributed by atoms with Crippen molar-refractivity contribution in [3.05, 3.63) is 45.0 Å². The summed E-state index contributed by atoms with van der Waals surface area (Å²) in [6.07, 6.45) is 2.64. The summed E-state index contributed by atoms with van der Waals surface area (Å²) in [4.78, 5) is 23.3. The minimum Gasteiger partial charge on any atom is -0.455 e. The van der Waals surface area contributed by atoms with E-state index in [9.17, 15) is 4.79 Å². The van der Waals surface area contributed by atoms with Crippen molar-refractivity contribution < 1.29 is 34.0 Å². The smallest absolute Gasteiger partial charge is 0.338 e. The largest absolute Gasteiger partial charge is 0.455 e. The molecule has 28 heavy (non-hydrogen) atoms. The Morgan fingerprint density at radius 2 is 2.00 bits per heavy atom. The Morgan fingerprint density at radius 1 is 1.32 bits per heavy atom. The third-order valence-electron chi connectivity index (χ3n) is 5.64. The van der Waals surface area contributed by atoms with E-state index in [-0.39, 0.29) is 36.9 Å². The molecule has 1 fully saturated rings. The summed E-state index contributed by atoms with van der Waals surface area (Å²) in [5, 5.41) is 13.6. The van der Waals surface area contributed by atoms with Crippen molar-refractivity contribution in [2.45, 2.75) is 30.6 Å². The number of carbonyl (C=O) groups is 1. The van der Waals surface area contributed by atoms with E-state index in [2.05, 4.69) is 18.0 Å². The normalized spacial score (nSPS) is 29.5. The molecule has 4 atom stereocenters. The molecule has 1 unspecified atom stereocenters. The molecule has 1 N–H and O–H groups in total. The third kappa shape index (κ3) is 2.94. The number of benzene rings is 1. The van der Waals surface area contributed by atoms with Crippen molar-refractivity contribution in [1.82, 2.24) is 4.90 Å². The second-order valence-electron chi connectivity index (χ2n) is 7.04. The van der Waals surface area contributed by atoms with Gasteiger partial charge in [-0.05, 0) is 31.2 Å². The molecule has 5 rings (SSSR count). The Hall–Kier alpha value is -2.85. The highest BCUT2D eigenvalue weighted by Gasteiger charge is 2.51. The molecule has 0 amide bonds. The summed E-state index contributed by atoms with van der Waals surface area (Å²) in [6, 6.07) is 3.94. The summed E-state index contributed by atoms with van der Waals surface area (Å²) in [6.45, 7) is 1.19. The molecule has 1 aromatic rings. The fraction of sp³-hybridized carbons (Fsp3) is 0.500. The van der Waals surface area contributed by atoms with Gasteiger partial charge in [0.05, 0.1) is 5.56 Å². The first-order valence-electron chi connectivity index (χ1n) is 8.82. The average molecular weight is 392 g/mol. The van der Waals surface area contributed by atoms with Crippen molar-refractivity contribution in [3.63, 3.8) is 0 Å². The first-order valence-corrected chi connectivity index (χ1v) is 8.82. The molecule has 0 saturated carbocycles. The van der Waals surface area contributed by atoms with Crippen LogP contribution < -0.4 is 9.47 Å². The monoisotopic (exact) mass is 392 g/mol.